The average Bonchev–Trinajstić information content (AvgIpc) is 2.46. The van der Waals surface area contributed by atoms with Crippen LogP contribution in [0.5, 0.6) is 0 Å². The standard InChI is InChI=1S/C14H22N4O/c1-15-13-10-16-7-4-12(13)14(19)18-8-5-11(6-9-18)17(2)3/h4,7,10-11,15H,5-6,8-9H2,1-3H3. The van der Waals surface area contributed by atoms with Crippen LogP contribution in [0.4, 0.5) is 5.69 Å². The smallest absolute Gasteiger partial charge is 0.256 e. The van der Waals surface area contributed by atoms with Gasteiger partial charge >= 0.3 is 0 Å². The first kappa shape index (κ1) is 13.8. The third kappa shape index (κ3) is 3.04. The second-order valence-corrected chi connectivity index (χ2v) is 5.16. The quantitative estimate of drug-likeness (QED) is 0.891. The molecule has 2 rings (SSSR count). The summed E-state index contributed by atoms with van der Waals surface area (Å²) in [6.07, 6.45) is 5.44. The maximum atomic E-state index is 12.5. The molecule has 2 heterocycles. The largest absolute Gasteiger partial charge is 0.386 e. The molecular formula is C14H22N4O. The van der Waals surface area contributed by atoms with E-state index in [4.69, 9.17) is 0 Å². The molecule has 0 aromatic carbocycles. The van der Waals surface area contributed by atoms with Crippen LogP contribution >= 0.6 is 0 Å². The lowest BCUT2D eigenvalue weighted by Gasteiger charge is -2.35. The molecule has 1 aliphatic heterocycles. The van der Waals surface area contributed by atoms with E-state index in [1.807, 2.05) is 11.9 Å². The summed E-state index contributed by atoms with van der Waals surface area (Å²) in [5.74, 6) is 0.101. The lowest BCUT2D eigenvalue weighted by Crippen LogP contribution is -2.44. The van der Waals surface area contributed by atoms with Gasteiger partial charge in [-0.05, 0) is 33.0 Å². The predicted molar refractivity (Wildman–Crippen MR) is 76.4 cm³/mol. The lowest BCUT2D eigenvalue weighted by atomic mass is 10.0. The number of piperidine rings is 1. The first-order chi connectivity index (χ1) is 9.13. The fourth-order valence-corrected chi connectivity index (χ4v) is 2.54. The third-order valence-corrected chi connectivity index (χ3v) is 3.80. The number of likely N-dealkylation sites (tertiary alicyclic amines) is 1. The number of carbonyl (C=O) groups is 1. The maximum absolute atomic E-state index is 12.5. The molecule has 1 N–H and O–H groups in total. The Morgan fingerprint density at radius 1 is 1.42 bits per heavy atom. The molecule has 0 spiro atoms. The van der Waals surface area contributed by atoms with Crippen LogP contribution in [0.2, 0.25) is 0 Å². The summed E-state index contributed by atoms with van der Waals surface area (Å²) in [5, 5.41) is 3.02. The Bertz CT molecular complexity index is 439. The molecule has 1 aliphatic rings. The molecule has 1 fully saturated rings. The van der Waals surface area contributed by atoms with E-state index in [0.717, 1.165) is 31.6 Å². The van der Waals surface area contributed by atoms with Gasteiger partial charge in [0.05, 0.1) is 17.4 Å². The summed E-state index contributed by atoms with van der Waals surface area (Å²) < 4.78 is 0. The van der Waals surface area contributed by atoms with Crippen LogP contribution in [0.1, 0.15) is 23.2 Å². The molecule has 19 heavy (non-hydrogen) atoms. The summed E-state index contributed by atoms with van der Waals surface area (Å²) in [5.41, 5.74) is 1.50. The van der Waals surface area contributed by atoms with E-state index in [2.05, 4.69) is 29.3 Å². The van der Waals surface area contributed by atoms with Crippen molar-refractivity contribution in [3.63, 3.8) is 0 Å². The van der Waals surface area contributed by atoms with Gasteiger partial charge in [0.15, 0.2) is 0 Å². The highest BCUT2D eigenvalue weighted by molar-refractivity contribution is 5.99. The molecule has 0 saturated carbocycles. The van der Waals surface area contributed by atoms with Crippen molar-refractivity contribution in [2.45, 2.75) is 18.9 Å². The van der Waals surface area contributed by atoms with E-state index in [1.54, 1.807) is 18.5 Å². The van der Waals surface area contributed by atoms with Gasteiger partial charge in [-0.3, -0.25) is 9.78 Å². The first-order valence-electron chi connectivity index (χ1n) is 6.71. The number of hydrogen-bond acceptors (Lipinski definition) is 4. The summed E-state index contributed by atoms with van der Waals surface area (Å²) >= 11 is 0. The monoisotopic (exact) mass is 262 g/mol. The summed E-state index contributed by atoms with van der Waals surface area (Å²) in [6.45, 7) is 1.65. The SMILES string of the molecule is CNc1cnccc1C(=O)N1CCC(N(C)C)CC1. The number of rotatable bonds is 3. The van der Waals surface area contributed by atoms with Crippen molar-refractivity contribution in [1.29, 1.82) is 0 Å². The lowest BCUT2D eigenvalue weighted by molar-refractivity contribution is 0.0664. The summed E-state index contributed by atoms with van der Waals surface area (Å²) in [6, 6.07) is 2.37. The van der Waals surface area contributed by atoms with E-state index < -0.39 is 0 Å². The summed E-state index contributed by atoms with van der Waals surface area (Å²) in [4.78, 5) is 20.7. The van der Waals surface area contributed by atoms with Crippen LogP contribution in [0, 0.1) is 0 Å². The van der Waals surface area contributed by atoms with Crippen molar-refractivity contribution in [1.82, 2.24) is 14.8 Å². The second kappa shape index (κ2) is 6.02. The highest BCUT2D eigenvalue weighted by atomic mass is 16.2. The van der Waals surface area contributed by atoms with Gasteiger partial charge in [0, 0.05) is 32.4 Å². The molecule has 104 valence electrons. The minimum Gasteiger partial charge on any atom is -0.386 e. The van der Waals surface area contributed by atoms with Gasteiger partial charge in [-0.15, -0.1) is 0 Å². The molecule has 0 radical (unpaired) electrons. The highest BCUT2D eigenvalue weighted by Crippen LogP contribution is 2.20. The van der Waals surface area contributed by atoms with E-state index in [-0.39, 0.29) is 5.91 Å². The zero-order chi connectivity index (χ0) is 13.8. The van der Waals surface area contributed by atoms with Crippen molar-refractivity contribution in [3.05, 3.63) is 24.0 Å². The molecule has 1 amide bonds. The first-order valence-corrected chi connectivity index (χ1v) is 6.71. The van der Waals surface area contributed by atoms with Crippen LogP contribution < -0.4 is 5.32 Å². The van der Waals surface area contributed by atoms with Crippen LogP contribution in [-0.2, 0) is 0 Å². The number of anilines is 1. The Morgan fingerprint density at radius 2 is 2.11 bits per heavy atom. The molecule has 0 unspecified atom stereocenters. The minimum absolute atomic E-state index is 0.101. The van der Waals surface area contributed by atoms with Gasteiger partial charge in [-0.1, -0.05) is 0 Å². The number of hydrogen-bond donors (Lipinski definition) is 1. The zero-order valence-corrected chi connectivity index (χ0v) is 11.9. The van der Waals surface area contributed by atoms with Crippen LogP contribution in [0.15, 0.2) is 18.5 Å². The number of aromatic nitrogens is 1. The van der Waals surface area contributed by atoms with Gasteiger partial charge in [0.2, 0.25) is 0 Å². The Hall–Kier alpha value is -1.62. The van der Waals surface area contributed by atoms with Crippen molar-refractivity contribution < 1.29 is 4.79 Å². The van der Waals surface area contributed by atoms with Crippen molar-refractivity contribution in [2.75, 3.05) is 39.5 Å². The predicted octanol–water partition coefficient (Wildman–Crippen LogP) is 1.29. The molecule has 5 nitrogen and oxygen atoms in total. The van der Waals surface area contributed by atoms with Gasteiger partial charge in [-0.25, -0.2) is 0 Å². The Balaban J connectivity index is 2.05. The topological polar surface area (TPSA) is 48.5 Å². The van der Waals surface area contributed by atoms with Crippen molar-refractivity contribution in [2.24, 2.45) is 0 Å². The number of pyridine rings is 1. The zero-order valence-electron chi connectivity index (χ0n) is 11.9. The Morgan fingerprint density at radius 3 is 2.68 bits per heavy atom. The molecule has 5 heteroatoms. The van der Waals surface area contributed by atoms with Gasteiger partial charge < -0.3 is 15.1 Å². The van der Waals surface area contributed by atoms with Crippen LogP contribution in [0.25, 0.3) is 0 Å². The Labute approximate surface area is 114 Å². The van der Waals surface area contributed by atoms with E-state index in [9.17, 15) is 4.79 Å². The third-order valence-electron chi connectivity index (χ3n) is 3.80. The summed E-state index contributed by atoms with van der Waals surface area (Å²) in [7, 11) is 6.01. The highest BCUT2D eigenvalue weighted by Gasteiger charge is 2.25. The normalized spacial score (nSPS) is 16.7. The molecule has 1 aromatic heterocycles. The number of nitrogens with zero attached hydrogens (tertiary/aromatic N) is 3. The number of carbonyl (C=O) groups excluding carboxylic acids is 1. The van der Waals surface area contributed by atoms with Gasteiger partial charge in [0.1, 0.15) is 0 Å². The molecule has 1 aromatic rings. The fourth-order valence-electron chi connectivity index (χ4n) is 2.54. The Kier molecular flexibility index (Phi) is 4.37. The molecule has 0 bridgehead atoms. The van der Waals surface area contributed by atoms with Crippen molar-refractivity contribution >= 4 is 11.6 Å². The molecular weight excluding hydrogens is 240 g/mol. The molecule has 1 saturated heterocycles. The van der Waals surface area contributed by atoms with Gasteiger partial charge in [0.25, 0.3) is 5.91 Å². The van der Waals surface area contributed by atoms with E-state index >= 15 is 0 Å². The second-order valence-electron chi connectivity index (χ2n) is 5.16. The van der Waals surface area contributed by atoms with Crippen LogP contribution in [-0.4, -0.2) is 61.0 Å². The number of amides is 1. The van der Waals surface area contributed by atoms with E-state index in [0.29, 0.717) is 11.6 Å². The van der Waals surface area contributed by atoms with Gasteiger partial charge in [-0.2, -0.15) is 0 Å². The average molecular weight is 262 g/mol. The van der Waals surface area contributed by atoms with Crippen LogP contribution in [0.3, 0.4) is 0 Å². The minimum atomic E-state index is 0.101. The maximum Gasteiger partial charge on any atom is 0.256 e. The molecule has 0 atom stereocenters. The fraction of sp³-hybridized carbons (Fsp3) is 0.571. The molecule has 0 aliphatic carbocycles. The van der Waals surface area contributed by atoms with E-state index in [1.165, 1.54) is 0 Å². The van der Waals surface area contributed by atoms with Crippen molar-refractivity contribution in [3.8, 4) is 0 Å². The number of nitrogens with one attached hydrogen (secondary N) is 1.